The molecule has 0 bridgehead atoms. The van der Waals surface area contributed by atoms with Gasteiger partial charge in [0.25, 0.3) is 0 Å². The molecule has 0 spiro atoms. The second kappa shape index (κ2) is 8.04. The van der Waals surface area contributed by atoms with E-state index in [2.05, 4.69) is 57.9 Å². The Hall–Kier alpha value is -3.38. The van der Waals surface area contributed by atoms with E-state index in [9.17, 15) is 0 Å². The van der Waals surface area contributed by atoms with Crippen molar-refractivity contribution in [3.8, 4) is 0 Å². The van der Waals surface area contributed by atoms with Gasteiger partial charge in [0.15, 0.2) is 5.11 Å². The van der Waals surface area contributed by atoms with Gasteiger partial charge < -0.3 is 19.2 Å². The summed E-state index contributed by atoms with van der Waals surface area (Å²) in [7, 11) is 0. The fourth-order valence-electron chi connectivity index (χ4n) is 4.47. The number of aryl methyl sites for hydroxylation is 1. The molecule has 4 aromatic rings. The van der Waals surface area contributed by atoms with Crippen LogP contribution < -0.4 is 10.2 Å². The predicted molar refractivity (Wildman–Crippen MR) is 126 cm³/mol. The molecule has 1 N–H and O–H groups in total. The Morgan fingerprint density at radius 1 is 1.03 bits per heavy atom. The Morgan fingerprint density at radius 2 is 1.84 bits per heavy atom. The summed E-state index contributed by atoms with van der Waals surface area (Å²) in [6.07, 6.45) is 3.56. The van der Waals surface area contributed by atoms with Crippen molar-refractivity contribution >= 4 is 23.0 Å². The van der Waals surface area contributed by atoms with E-state index in [0.29, 0.717) is 11.7 Å². The summed E-state index contributed by atoms with van der Waals surface area (Å²) in [5.41, 5.74) is 5.67. The number of furan rings is 1. The molecule has 4 heterocycles. The second-order valence-corrected chi connectivity index (χ2v) is 8.21. The molecule has 1 aliphatic rings. The van der Waals surface area contributed by atoms with E-state index in [-0.39, 0.29) is 12.1 Å². The molecule has 1 aliphatic heterocycles. The monoisotopic (exact) mass is 428 g/mol. The maximum absolute atomic E-state index is 5.82. The second-order valence-electron chi connectivity index (χ2n) is 7.82. The van der Waals surface area contributed by atoms with E-state index in [4.69, 9.17) is 16.6 Å². The molecule has 1 fully saturated rings. The highest BCUT2D eigenvalue weighted by Gasteiger charge is 2.42. The van der Waals surface area contributed by atoms with Gasteiger partial charge in [-0.2, -0.15) is 0 Å². The third-order valence-electron chi connectivity index (χ3n) is 5.96. The summed E-state index contributed by atoms with van der Waals surface area (Å²) in [6, 6.07) is 22.5. The van der Waals surface area contributed by atoms with E-state index in [1.54, 1.807) is 6.26 Å². The van der Waals surface area contributed by atoms with Crippen LogP contribution in [0.4, 0.5) is 5.69 Å². The Balaban J connectivity index is 1.63. The van der Waals surface area contributed by atoms with Crippen molar-refractivity contribution < 1.29 is 4.42 Å². The molecule has 0 radical (unpaired) electrons. The minimum absolute atomic E-state index is 0.0126. The number of benzene rings is 1. The average molecular weight is 429 g/mol. The lowest BCUT2D eigenvalue weighted by Gasteiger charge is -2.28. The first-order valence-electron chi connectivity index (χ1n) is 10.4. The fraction of sp³-hybridized carbons (Fsp3) is 0.200. The summed E-state index contributed by atoms with van der Waals surface area (Å²) in [6.45, 7) is 5.02. The van der Waals surface area contributed by atoms with E-state index in [0.717, 1.165) is 17.1 Å². The minimum atomic E-state index is -0.0496. The predicted octanol–water partition coefficient (Wildman–Crippen LogP) is 5.32. The van der Waals surface area contributed by atoms with Crippen LogP contribution in [0.3, 0.4) is 0 Å². The zero-order chi connectivity index (χ0) is 21.4. The van der Waals surface area contributed by atoms with Crippen LogP contribution in [0.5, 0.6) is 0 Å². The van der Waals surface area contributed by atoms with Crippen molar-refractivity contribution in [2.75, 3.05) is 4.90 Å². The van der Waals surface area contributed by atoms with Gasteiger partial charge >= 0.3 is 0 Å². The highest BCUT2D eigenvalue weighted by Crippen LogP contribution is 2.43. The molecule has 5 rings (SSSR count). The Morgan fingerprint density at radius 3 is 2.55 bits per heavy atom. The number of nitrogens with zero attached hydrogens (tertiary/aromatic N) is 3. The number of thiocarbonyl (C=S) groups is 1. The molecule has 1 saturated heterocycles. The summed E-state index contributed by atoms with van der Waals surface area (Å²) < 4.78 is 7.91. The van der Waals surface area contributed by atoms with Crippen LogP contribution in [0, 0.1) is 13.8 Å². The Kier molecular flexibility index (Phi) is 5.08. The number of hydrogen-bond acceptors (Lipinski definition) is 3. The van der Waals surface area contributed by atoms with Crippen LogP contribution in [-0.4, -0.2) is 14.7 Å². The molecule has 5 nitrogen and oxygen atoms in total. The molecule has 0 aliphatic carbocycles. The summed E-state index contributed by atoms with van der Waals surface area (Å²) in [5.74, 6) is 0.939. The number of nitrogens with one attached hydrogen (secondary N) is 1. The number of aromatic nitrogens is 2. The highest BCUT2D eigenvalue weighted by atomic mass is 32.1. The highest BCUT2D eigenvalue weighted by molar-refractivity contribution is 7.80. The molecule has 31 heavy (non-hydrogen) atoms. The van der Waals surface area contributed by atoms with Crippen molar-refractivity contribution in [3.05, 3.63) is 108 Å². The van der Waals surface area contributed by atoms with Crippen LogP contribution in [0.25, 0.3) is 0 Å². The number of anilines is 1. The Bertz CT molecular complexity index is 1190. The number of para-hydroxylation sites is 1. The van der Waals surface area contributed by atoms with Crippen molar-refractivity contribution in [1.82, 2.24) is 14.9 Å². The number of rotatable bonds is 5. The van der Waals surface area contributed by atoms with Crippen molar-refractivity contribution in [3.63, 3.8) is 0 Å². The van der Waals surface area contributed by atoms with Crippen molar-refractivity contribution in [2.45, 2.75) is 32.5 Å². The molecule has 0 saturated carbocycles. The van der Waals surface area contributed by atoms with Crippen LogP contribution in [-0.2, 0) is 6.54 Å². The van der Waals surface area contributed by atoms with Crippen LogP contribution in [0.1, 0.15) is 40.5 Å². The van der Waals surface area contributed by atoms with Crippen LogP contribution in [0.15, 0.2) is 83.6 Å². The first kappa shape index (κ1) is 19.6. The first-order valence-corrected chi connectivity index (χ1v) is 10.8. The lowest BCUT2D eigenvalue weighted by molar-refractivity contribution is 0.488. The van der Waals surface area contributed by atoms with E-state index in [1.807, 2.05) is 48.7 Å². The lowest BCUT2D eigenvalue weighted by Crippen LogP contribution is -2.29. The summed E-state index contributed by atoms with van der Waals surface area (Å²) in [4.78, 5) is 6.86. The molecular formula is C25H24N4OS. The van der Waals surface area contributed by atoms with Gasteiger partial charge in [-0.25, -0.2) is 0 Å². The van der Waals surface area contributed by atoms with Gasteiger partial charge in [0.05, 0.1) is 30.6 Å². The molecule has 3 aromatic heterocycles. The van der Waals surface area contributed by atoms with Gasteiger partial charge in [0, 0.05) is 23.3 Å². The number of pyridine rings is 1. The first-order chi connectivity index (χ1) is 15.1. The van der Waals surface area contributed by atoms with E-state index >= 15 is 0 Å². The minimum Gasteiger partial charge on any atom is -0.467 e. The number of hydrogen-bond donors (Lipinski definition) is 1. The fourth-order valence-corrected chi connectivity index (χ4v) is 4.81. The quantitative estimate of drug-likeness (QED) is 0.436. The average Bonchev–Trinajstić information content (AvgIpc) is 3.50. The van der Waals surface area contributed by atoms with Gasteiger partial charge in [0.1, 0.15) is 5.76 Å². The zero-order valence-electron chi connectivity index (χ0n) is 17.5. The smallest absolute Gasteiger partial charge is 0.174 e. The maximum atomic E-state index is 5.82. The molecule has 156 valence electrons. The standard InChI is InChI=1S/C25H24N4OS/c1-17-15-21(18(2)28(17)16-20-11-8-14-30-20)24-23(22-12-6-7-13-26-22)27-25(31)29(24)19-9-4-3-5-10-19/h3-15,23-24H,16H2,1-2H3,(H,27,31)/t23-,24+/m1/s1. The van der Waals surface area contributed by atoms with E-state index < -0.39 is 0 Å². The summed E-state index contributed by atoms with van der Waals surface area (Å²) in [5, 5.41) is 4.25. The Labute approximate surface area is 187 Å². The molecular weight excluding hydrogens is 404 g/mol. The van der Waals surface area contributed by atoms with Gasteiger partial charge in [-0.15, -0.1) is 0 Å². The van der Waals surface area contributed by atoms with Gasteiger partial charge in [0.2, 0.25) is 0 Å². The normalized spacial score (nSPS) is 18.4. The molecule has 1 aromatic carbocycles. The van der Waals surface area contributed by atoms with E-state index in [1.165, 1.54) is 17.0 Å². The van der Waals surface area contributed by atoms with Crippen LogP contribution >= 0.6 is 12.2 Å². The summed E-state index contributed by atoms with van der Waals surface area (Å²) >= 11 is 5.82. The molecule has 2 atom stereocenters. The van der Waals surface area contributed by atoms with Crippen molar-refractivity contribution in [2.24, 2.45) is 0 Å². The van der Waals surface area contributed by atoms with Crippen molar-refractivity contribution in [1.29, 1.82) is 0 Å². The third-order valence-corrected chi connectivity index (χ3v) is 6.27. The third kappa shape index (κ3) is 3.53. The molecule has 6 heteroatoms. The molecule has 0 unspecified atom stereocenters. The SMILES string of the molecule is Cc1cc([C@H]2[C@@H](c3ccccn3)NC(=S)N2c2ccccc2)c(C)n1Cc1ccco1. The lowest BCUT2D eigenvalue weighted by atomic mass is 9.96. The maximum Gasteiger partial charge on any atom is 0.174 e. The van der Waals surface area contributed by atoms with Crippen LogP contribution in [0.2, 0.25) is 0 Å². The zero-order valence-corrected chi connectivity index (χ0v) is 18.3. The van der Waals surface area contributed by atoms with Gasteiger partial charge in [-0.05, 0) is 74.1 Å². The molecule has 0 amide bonds. The van der Waals surface area contributed by atoms with Gasteiger partial charge in [-0.1, -0.05) is 24.3 Å². The van der Waals surface area contributed by atoms with Gasteiger partial charge in [-0.3, -0.25) is 4.98 Å². The largest absolute Gasteiger partial charge is 0.467 e. The topological polar surface area (TPSA) is 46.2 Å².